The minimum Gasteiger partial charge on any atom is -0.457 e. The van der Waals surface area contributed by atoms with E-state index in [1.807, 2.05) is 73.7 Å². The molecule has 0 bridgehead atoms. The maximum absolute atomic E-state index is 13.1. The van der Waals surface area contributed by atoms with Crippen LogP contribution < -0.4 is 15.8 Å². The van der Waals surface area contributed by atoms with Crippen LogP contribution in [-0.4, -0.2) is 20.7 Å². The number of amides is 1. The van der Waals surface area contributed by atoms with E-state index in [9.17, 15) is 4.79 Å². The number of thioether (sulfide) groups is 1. The van der Waals surface area contributed by atoms with E-state index < -0.39 is 6.04 Å². The molecular formula is C25H24ClN5O2S. The summed E-state index contributed by atoms with van der Waals surface area (Å²) in [6.07, 6.45) is 0.517. The maximum atomic E-state index is 13.1. The van der Waals surface area contributed by atoms with Gasteiger partial charge in [-0.1, -0.05) is 66.7 Å². The van der Waals surface area contributed by atoms with Crippen molar-refractivity contribution in [2.75, 3.05) is 11.1 Å². The molecule has 1 amide bonds. The fraction of sp³-hybridized carbons (Fsp3) is 0.160. The lowest BCUT2D eigenvalue weighted by Gasteiger charge is -2.19. The molecule has 7 nitrogen and oxygen atoms in total. The highest BCUT2D eigenvalue weighted by Crippen LogP contribution is 2.30. The van der Waals surface area contributed by atoms with E-state index in [0.29, 0.717) is 33.8 Å². The number of nitrogen functional groups attached to an aromatic ring is 1. The quantitative estimate of drug-likeness (QED) is 0.270. The molecule has 3 N–H and O–H groups in total. The minimum atomic E-state index is -0.566. The summed E-state index contributed by atoms with van der Waals surface area (Å²) in [6, 6.07) is 23.8. The number of aromatic nitrogens is 3. The molecule has 0 fully saturated rings. The number of hydrogen-bond donors (Lipinski definition) is 2. The van der Waals surface area contributed by atoms with Gasteiger partial charge in [-0.05, 0) is 54.4 Å². The van der Waals surface area contributed by atoms with Gasteiger partial charge in [0, 0.05) is 16.5 Å². The molecule has 0 aliphatic heterocycles. The molecule has 0 aliphatic carbocycles. The number of ether oxygens (including phenoxy) is 1. The molecule has 0 saturated heterocycles. The number of anilines is 2. The molecular weight excluding hydrogens is 470 g/mol. The highest BCUT2D eigenvalue weighted by molar-refractivity contribution is 7.98. The third-order valence-electron chi connectivity index (χ3n) is 5.11. The van der Waals surface area contributed by atoms with Crippen LogP contribution in [0.5, 0.6) is 11.5 Å². The number of carbonyl (C=O) groups excluding carboxylic acids is 1. The van der Waals surface area contributed by atoms with Gasteiger partial charge in [0.2, 0.25) is 11.9 Å². The van der Waals surface area contributed by atoms with Crippen LogP contribution in [0.15, 0.2) is 84.0 Å². The Morgan fingerprint density at radius 1 is 1.03 bits per heavy atom. The molecule has 0 spiro atoms. The van der Waals surface area contributed by atoms with Crippen LogP contribution in [0.25, 0.3) is 0 Å². The van der Waals surface area contributed by atoms with Gasteiger partial charge in [0.1, 0.15) is 17.5 Å². The molecule has 4 aromatic rings. The monoisotopic (exact) mass is 493 g/mol. The SMILES string of the molecule is CCC(C(=O)Nc1ccc(Oc2ccccc2)cc1)n1c(N)nnc1SCc1ccccc1Cl. The first-order valence-electron chi connectivity index (χ1n) is 10.8. The maximum Gasteiger partial charge on any atom is 0.247 e. The van der Waals surface area contributed by atoms with Gasteiger partial charge in [0.05, 0.1) is 0 Å². The van der Waals surface area contributed by atoms with Crippen molar-refractivity contribution in [3.05, 3.63) is 89.4 Å². The van der Waals surface area contributed by atoms with Crippen LogP contribution in [0, 0.1) is 0 Å². The van der Waals surface area contributed by atoms with E-state index in [1.165, 1.54) is 11.8 Å². The van der Waals surface area contributed by atoms with Crippen molar-refractivity contribution in [2.45, 2.75) is 30.3 Å². The third-order valence-corrected chi connectivity index (χ3v) is 6.47. The van der Waals surface area contributed by atoms with Crippen LogP contribution in [0.3, 0.4) is 0 Å². The largest absolute Gasteiger partial charge is 0.457 e. The van der Waals surface area contributed by atoms with Crippen molar-refractivity contribution >= 4 is 40.9 Å². The summed E-state index contributed by atoms with van der Waals surface area (Å²) in [7, 11) is 0. The van der Waals surface area contributed by atoms with Crippen LogP contribution in [0.2, 0.25) is 5.02 Å². The molecule has 174 valence electrons. The standard InChI is InChI=1S/C25H24ClN5O2S/c1-2-22(31-24(27)29-30-25(31)34-16-17-8-6-7-11-21(17)26)23(32)28-18-12-14-20(15-13-18)33-19-9-4-3-5-10-19/h3-15,22H,2,16H2,1H3,(H2,27,29)(H,28,32). The zero-order valence-corrected chi connectivity index (χ0v) is 20.1. The number of nitrogens with two attached hydrogens (primary N) is 1. The van der Waals surface area contributed by atoms with Crippen LogP contribution in [-0.2, 0) is 10.5 Å². The van der Waals surface area contributed by atoms with E-state index in [1.54, 1.807) is 16.7 Å². The van der Waals surface area contributed by atoms with Gasteiger partial charge in [-0.15, -0.1) is 10.2 Å². The fourth-order valence-electron chi connectivity index (χ4n) is 3.38. The van der Waals surface area contributed by atoms with Gasteiger partial charge >= 0.3 is 0 Å². The van der Waals surface area contributed by atoms with Crippen LogP contribution >= 0.6 is 23.4 Å². The molecule has 4 rings (SSSR count). The molecule has 1 heterocycles. The van der Waals surface area contributed by atoms with Gasteiger partial charge in [0.15, 0.2) is 5.16 Å². The predicted molar refractivity (Wildman–Crippen MR) is 136 cm³/mol. The first kappa shape index (κ1) is 23.7. The number of para-hydroxylation sites is 1. The van der Waals surface area contributed by atoms with Gasteiger partial charge in [-0.25, -0.2) is 0 Å². The first-order valence-corrected chi connectivity index (χ1v) is 12.1. The molecule has 3 aromatic carbocycles. The second-order valence-electron chi connectivity index (χ2n) is 7.44. The Morgan fingerprint density at radius 2 is 1.71 bits per heavy atom. The summed E-state index contributed by atoms with van der Waals surface area (Å²) in [5, 5.41) is 12.4. The molecule has 34 heavy (non-hydrogen) atoms. The fourth-order valence-corrected chi connectivity index (χ4v) is 4.66. The summed E-state index contributed by atoms with van der Waals surface area (Å²) in [5.41, 5.74) is 7.72. The molecule has 9 heteroatoms. The van der Waals surface area contributed by atoms with Crippen molar-refractivity contribution < 1.29 is 9.53 Å². The third kappa shape index (κ3) is 5.70. The first-order chi connectivity index (χ1) is 16.5. The predicted octanol–water partition coefficient (Wildman–Crippen LogP) is 6.19. The topological polar surface area (TPSA) is 95.1 Å². The Morgan fingerprint density at radius 3 is 2.41 bits per heavy atom. The van der Waals surface area contributed by atoms with Gasteiger partial charge in [-0.3, -0.25) is 9.36 Å². The Bertz CT molecular complexity index is 1250. The van der Waals surface area contributed by atoms with E-state index in [4.69, 9.17) is 22.1 Å². The average molecular weight is 494 g/mol. The van der Waals surface area contributed by atoms with Crippen molar-refractivity contribution in [1.82, 2.24) is 14.8 Å². The van der Waals surface area contributed by atoms with Crippen molar-refractivity contribution in [3.63, 3.8) is 0 Å². The minimum absolute atomic E-state index is 0.190. The number of benzene rings is 3. The van der Waals surface area contributed by atoms with Crippen LogP contribution in [0.1, 0.15) is 24.9 Å². The number of nitrogens with one attached hydrogen (secondary N) is 1. The number of carbonyl (C=O) groups is 1. The van der Waals surface area contributed by atoms with E-state index >= 15 is 0 Å². The highest BCUT2D eigenvalue weighted by atomic mass is 35.5. The van der Waals surface area contributed by atoms with E-state index in [0.717, 1.165) is 11.3 Å². The normalized spacial score (nSPS) is 11.7. The summed E-state index contributed by atoms with van der Waals surface area (Å²) in [4.78, 5) is 13.1. The lowest BCUT2D eigenvalue weighted by atomic mass is 10.2. The second-order valence-corrected chi connectivity index (χ2v) is 8.79. The highest BCUT2D eigenvalue weighted by Gasteiger charge is 2.25. The summed E-state index contributed by atoms with van der Waals surface area (Å²) < 4.78 is 7.48. The molecule has 1 unspecified atom stereocenters. The van der Waals surface area contributed by atoms with Crippen LogP contribution in [0.4, 0.5) is 11.6 Å². The van der Waals surface area contributed by atoms with Crippen molar-refractivity contribution in [3.8, 4) is 11.5 Å². The zero-order chi connectivity index (χ0) is 23.9. The number of nitrogens with zero attached hydrogens (tertiary/aromatic N) is 3. The number of hydrogen-bond acceptors (Lipinski definition) is 6. The molecule has 1 atom stereocenters. The molecule has 0 aliphatic rings. The smallest absolute Gasteiger partial charge is 0.247 e. The van der Waals surface area contributed by atoms with Crippen molar-refractivity contribution in [1.29, 1.82) is 0 Å². The number of halogens is 1. The Labute approximate surface area is 207 Å². The van der Waals surface area contributed by atoms with E-state index in [-0.39, 0.29) is 11.9 Å². The lowest BCUT2D eigenvalue weighted by molar-refractivity contribution is -0.119. The Kier molecular flexibility index (Phi) is 7.72. The summed E-state index contributed by atoms with van der Waals surface area (Å²) in [5.74, 6) is 1.99. The Hall–Kier alpha value is -3.49. The molecule has 1 aromatic heterocycles. The van der Waals surface area contributed by atoms with E-state index in [2.05, 4.69) is 15.5 Å². The Balaban J connectivity index is 1.44. The summed E-state index contributed by atoms with van der Waals surface area (Å²) >= 11 is 7.70. The lowest BCUT2D eigenvalue weighted by Crippen LogP contribution is -2.27. The zero-order valence-electron chi connectivity index (χ0n) is 18.5. The van der Waals surface area contributed by atoms with Gasteiger partial charge < -0.3 is 15.8 Å². The number of rotatable bonds is 9. The molecule has 0 saturated carbocycles. The average Bonchev–Trinajstić information content (AvgIpc) is 3.21. The molecule has 0 radical (unpaired) electrons. The van der Waals surface area contributed by atoms with Gasteiger partial charge in [-0.2, -0.15) is 0 Å². The van der Waals surface area contributed by atoms with Gasteiger partial charge in [0.25, 0.3) is 0 Å². The van der Waals surface area contributed by atoms with Crippen molar-refractivity contribution in [2.24, 2.45) is 0 Å². The summed E-state index contributed by atoms with van der Waals surface area (Å²) in [6.45, 7) is 1.92. The second kappa shape index (κ2) is 11.1.